The van der Waals surface area contributed by atoms with E-state index in [1.165, 1.54) is 0 Å². The van der Waals surface area contributed by atoms with Crippen molar-refractivity contribution in [1.82, 2.24) is 4.72 Å². The molecule has 0 spiro atoms. The van der Waals surface area contributed by atoms with Crippen LogP contribution in [0.5, 0.6) is 0 Å². The Hall–Kier alpha value is -0.130. The van der Waals surface area contributed by atoms with Gasteiger partial charge in [0.05, 0.1) is 10.9 Å². The molecule has 0 aromatic carbocycles. The summed E-state index contributed by atoms with van der Waals surface area (Å²) in [5.74, 6) is 0. The third-order valence-corrected chi connectivity index (χ3v) is 5.32. The molecule has 2 N–H and O–H groups in total. The molecule has 0 aromatic heterocycles. The minimum Gasteiger partial charge on any atom is -0.391 e. The van der Waals surface area contributed by atoms with Crippen LogP contribution in [0.15, 0.2) is 0 Å². The van der Waals surface area contributed by atoms with Crippen molar-refractivity contribution < 1.29 is 13.5 Å². The Bertz CT molecular complexity index is 319. The third-order valence-electron chi connectivity index (χ3n) is 3.09. The lowest BCUT2D eigenvalue weighted by Gasteiger charge is -2.27. The quantitative estimate of drug-likeness (QED) is 0.727. The molecule has 2 unspecified atom stereocenters. The van der Waals surface area contributed by atoms with Gasteiger partial charge in [0, 0.05) is 6.04 Å². The van der Waals surface area contributed by atoms with Crippen LogP contribution in [0.25, 0.3) is 0 Å². The molecule has 0 amide bonds. The summed E-state index contributed by atoms with van der Waals surface area (Å²) in [6, 6.07) is -0.313. The monoisotopic (exact) mass is 249 g/mol. The zero-order valence-corrected chi connectivity index (χ0v) is 11.2. The molecule has 0 aliphatic heterocycles. The normalized spacial score (nSPS) is 28.8. The van der Waals surface area contributed by atoms with Crippen LogP contribution in [-0.4, -0.2) is 30.4 Å². The molecular weight excluding hydrogens is 226 g/mol. The molecule has 0 heterocycles. The lowest BCUT2D eigenvalue weighted by Crippen LogP contribution is -2.48. The number of rotatable bonds is 2. The molecule has 0 bridgehead atoms. The van der Waals surface area contributed by atoms with E-state index in [0.717, 1.165) is 25.7 Å². The van der Waals surface area contributed by atoms with Crippen molar-refractivity contribution in [2.75, 3.05) is 0 Å². The number of sulfonamides is 1. The summed E-state index contributed by atoms with van der Waals surface area (Å²) in [4.78, 5) is 0. The molecule has 0 saturated heterocycles. The molecule has 96 valence electrons. The van der Waals surface area contributed by atoms with Crippen LogP contribution in [0.4, 0.5) is 0 Å². The number of nitrogens with one attached hydrogen (secondary N) is 1. The second-order valence-corrected chi connectivity index (χ2v) is 8.01. The second kappa shape index (κ2) is 5.02. The van der Waals surface area contributed by atoms with Crippen LogP contribution in [0.1, 0.15) is 52.9 Å². The van der Waals surface area contributed by atoms with Gasteiger partial charge < -0.3 is 5.11 Å². The van der Waals surface area contributed by atoms with E-state index in [0.29, 0.717) is 6.42 Å². The fourth-order valence-electron chi connectivity index (χ4n) is 1.80. The highest BCUT2D eigenvalue weighted by atomic mass is 32.2. The van der Waals surface area contributed by atoms with E-state index in [1.807, 2.05) is 0 Å². The van der Waals surface area contributed by atoms with E-state index in [-0.39, 0.29) is 6.04 Å². The summed E-state index contributed by atoms with van der Waals surface area (Å²) in [6.07, 6.45) is 3.92. The molecule has 1 aliphatic rings. The molecule has 4 nitrogen and oxygen atoms in total. The average molecular weight is 249 g/mol. The first-order valence-electron chi connectivity index (χ1n) is 5.94. The molecule has 0 radical (unpaired) electrons. The third kappa shape index (κ3) is 3.43. The predicted octanol–water partition coefficient (Wildman–Crippen LogP) is 1.40. The Morgan fingerprint density at radius 3 is 2.25 bits per heavy atom. The van der Waals surface area contributed by atoms with E-state index in [2.05, 4.69) is 4.72 Å². The number of aliphatic hydroxyl groups is 1. The summed E-state index contributed by atoms with van der Waals surface area (Å²) >= 11 is 0. The number of aliphatic hydroxyl groups excluding tert-OH is 1. The first-order chi connectivity index (χ1) is 7.24. The summed E-state index contributed by atoms with van der Waals surface area (Å²) in [5.41, 5.74) is 0. The minimum absolute atomic E-state index is 0.313. The standard InChI is InChI=1S/C11H23NO3S/c1-11(2,3)16(14,15)12-9-7-5-4-6-8-10(9)13/h9-10,12-13H,4-8H2,1-3H3. The van der Waals surface area contributed by atoms with Crippen LogP contribution in [0.2, 0.25) is 0 Å². The van der Waals surface area contributed by atoms with Gasteiger partial charge >= 0.3 is 0 Å². The van der Waals surface area contributed by atoms with E-state index in [1.54, 1.807) is 20.8 Å². The molecule has 1 aliphatic carbocycles. The Labute approximate surface area is 98.5 Å². The van der Waals surface area contributed by atoms with Gasteiger partial charge in [-0.3, -0.25) is 0 Å². The van der Waals surface area contributed by atoms with Crippen molar-refractivity contribution in [2.45, 2.75) is 69.8 Å². The fraction of sp³-hybridized carbons (Fsp3) is 1.00. The van der Waals surface area contributed by atoms with Gasteiger partial charge in [-0.15, -0.1) is 0 Å². The van der Waals surface area contributed by atoms with Crippen LogP contribution < -0.4 is 4.72 Å². The molecule has 1 saturated carbocycles. The second-order valence-electron chi connectivity index (χ2n) is 5.55. The predicted molar refractivity (Wildman–Crippen MR) is 64.7 cm³/mol. The number of hydrogen-bond donors (Lipinski definition) is 2. The van der Waals surface area contributed by atoms with Gasteiger partial charge in [0.25, 0.3) is 0 Å². The average Bonchev–Trinajstić information content (AvgIpc) is 2.30. The van der Waals surface area contributed by atoms with Gasteiger partial charge in [0.15, 0.2) is 0 Å². The zero-order chi connectivity index (χ0) is 12.4. The van der Waals surface area contributed by atoms with E-state index in [4.69, 9.17) is 0 Å². The van der Waals surface area contributed by atoms with Gasteiger partial charge in [-0.25, -0.2) is 13.1 Å². The topological polar surface area (TPSA) is 66.4 Å². The lowest BCUT2D eigenvalue weighted by atomic mass is 10.1. The zero-order valence-electron chi connectivity index (χ0n) is 10.4. The fourth-order valence-corrected chi connectivity index (χ4v) is 2.83. The van der Waals surface area contributed by atoms with Crippen molar-refractivity contribution in [2.24, 2.45) is 0 Å². The SMILES string of the molecule is CC(C)(C)S(=O)(=O)NC1CCCCCC1O. The van der Waals surface area contributed by atoms with Gasteiger partial charge in [-0.05, 0) is 33.6 Å². The van der Waals surface area contributed by atoms with Crippen molar-refractivity contribution >= 4 is 10.0 Å². The van der Waals surface area contributed by atoms with Gasteiger partial charge in [0.2, 0.25) is 10.0 Å². The first-order valence-corrected chi connectivity index (χ1v) is 7.42. The Morgan fingerprint density at radius 2 is 1.69 bits per heavy atom. The van der Waals surface area contributed by atoms with E-state index < -0.39 is 20.9 Å². The van der Waals surface area contributed by atoms with Crippen molar-refractivity contribution in [1.29, 1.82) is 0 Å². The summed E-state index contributed by atoms with van der Waals surface area (Å²) in [7, 11) is -3.36. The van der Waals surface area contributed by atoms with Crippen LogP contribution >= 0.6 is 0 Å². The molecule has 16 heavy (non-hydrogen) atoms. The molecule has 5 heteroatoms. The maximum atomic E-state index is 12.0. The van der Waals surface area contributed by atoms with Crippen LogP contribution in [0, 0.1) is 0 Å². The maximum absolute atomic E-state index is 12.0. The number of hydrogen-bond acceptors (Lipinski definition) is 3. The Kier molecular flexibility index (Phi) is 4.37. The summed E-state index contributed by atoms with van der Waals surface area (Å²) in [6.45, 7) is 5.00. The first kappa shape index (κ1) is 13.9. The van der Waals surface area contributed by atoms with Gasteiger partial charge in [0.1, 0.15) is 0 Å². The Morgan fingerprint density at radius 1 is 1.12 bits per heavy atom. The smallest absolute Gasteiger partial charge is 0.216 e. The van der Waals surface area contributed by atoms with Crippen molar-refractivity contribution in [3.8, 4) is 0 Å². The highest BCUT2D eigenvalue weighted by molar-refractivity contribution is 7.90. The lowest BCUT2D eigenvalue weighted by molar-refractivity contribution is 0.130. The summed E-state index contributed by atoms with van der Waals surface area (Å²) in [5, 5.41) is 9.85. The van der Waals surface area contributed by atoms with Crippen molar-refractivity contribution in [3.05, 3.63) is 0 Å². The van der Waals surface area contributed by atoms with Crippen LogP contribution in [0.3, 0.4) is 0 Å². The summed E-state index contributed by atoms with van der Waals surface area (Å²) < 4.78 is 25.7. The van der Waals surface area contributed by atoms with E-state index >= 15 is 0 Å². The van der Waals surface area contributed by atoms with Crippen molar-refractivity contribution in [3.63, 3.8) is 0 Å². The Balaban J connectivity index is 2.72. The molecule has 2 atom stereocenters. The molecular formula is C11H23NO3S. The highest BCUT2D eigenvalue weighted by Crippen LogP contribution is 2.21. The van der Waals surface area contributed by atoms with Gasteiger partial charge in [-0.2, -0.15) is 0 Å². The molecule has 1 fully saturated rings. The minimum atomic E-state index is -3.36. The molecule has 0 aromatic rings. The van der Waals surface area contributed by atoms with Crippen LogP contribution in [-0.2, 0) is 10.0 Å². The van der Waals surface area contributed by atoms with Gasteiger partial charge in [-0.1, -0.05) is 19.3 Å². The molecule has 1 rings (SSSR count). The largest absolute Gasteiger partial charge is 0.391 e. The maximum Gasteiger partial charge on any atom is 0.216 e. The van der Waals surface area contributed by atoms with E-state index in [9.17, 15) is 13.5 Å². The highest BCUT2D eigenvalue weighted by Gasteiger charge is 2.33.